The van der Waals surface area contributed by atoms with Crippen molar-refractivity contribution in [3.05, 3.63) is 40.1 Å². The lowest BCUT2D eigenvalue weighted by atomic mass is 10.1. The number of ether oxygens (including phenoxy) is 2. The standard InChI is InChI=1S/C24H35N5O5S/c1-5-7-8-9-10-11-21-26-17(3)22-24(30)27-23(28-29(21)22)19-16-18(12-13-20(19)34-6-2)35(31,32)25-14-15-33-4/h12-13,16,25H,5-11,14-15H2,1-4H3,(H,27,28,30). The normalized spacial score (nSPS) is 11.9. The smallest absolute Gasteiger partial charge is 0.277 e. The van der Waals surface area contributed by atoms with E-state index >= 15 is 0 Å². The molecule has 10 nitrogen and oxygen atoms in total. The molecule has 0 amide bonds. The molecule has 0 aliphatic carbocycles. The molecule has 2 N–H and O–H groups in total. The fourth-order valence-electron chi connectivity index (χ4n) is 3.91. The number of aromatic amines is 1. The van der Waals surface area contributed by atoms with Crippen molar-refractivity contribution in [2.75, 3.05) is 26.9 Å². The zero-order valence-corrected chi connectivity index (χ0v) is 21.7. The first kappa shape index (κ1) is 26.8. The van der Waals surface area contributed by atoms with Gasteiger partial charge in [0.1, 0.15) is 11.6 Å². The van der Waals surface area contributed by atoms with Gasteiger partial charge in [0.25, 0.3) is 5.56 Å². The molecule has 0 spiro atoms. The number of methoxy groups -OCH3 is 1. The summed E-state index contributed by atoms with van der Waals surface area (Å²) in [7, 11) is -2.30. The first-order valence-electron chi connectivity index (χ1n) is 12.1. The van der Waals surface area contributed by atoms with E-state index in [1.807, 2.05) is 6.92 Å². The molecule has 0 unspecified atom stereocenters. The number of nitrogens with zero attached hydrogens (tertiary/aromatic N) is 3. The van der Waals surface area contributed by atoms with Gasteiger partial charge in [-0.1, -0.05) is 32.6 Å². The van der Waals surface area contributed by atoms with E-state index < -0.39 is 10.0 Å². The Hall–Kier alpha value is -2.76. The SMILES string of the molecule is CCCCCCCc1nc(C)c2c(=O)[nH]c(-c3cc(S(=O)(=O)NCCOC)ccc3OCC)nn12. The summed E-state index contributed by atoms with van der Waals surface area (Å²) in [5, 5.41) is 4.67. The van der Waals surface area contributed by atoms with Gasteiger partial charge in [-0.25, -0.2) is 22.6 Å². The number of benzene rings is 1. The van der Waals surface area contributed by atoms with Crippen molar-refractivity contribution < 1.29 is 17.9 Å². The molecule has 0 atom stereocenters. The zero-order valence-electron chi connectivity index (χ0n) is 20.9. The fourth-order valence-corrected chi connectivity index (χ4v) is 4.95. The first-order valence-corrected chi connectivity index (χ1v) is 13.5. The molecule has 0 fully saturated rings. The Balaban J connectivity index is 2.04. The monoisotopic (exact) mass is 505 g/mol. The van der Waals surface area contributed by atoms with Gasteiger partial charge in [0.15, 0.2) is 11.3 Å². The van der Waals surface area contributed by atoms with Gasteiger partial charge >= 0.3 is 0 Å². The highest BCUT2D eigenvalue weighted by molar-refractivity contribution is 7.89. The summed E-state index contributed by atoms with van der Waals surface area (Å²) in [5.41, 5.74) is 1.03. The van der Waals surface area contributed by atoms with Gasteiger partial charge in [0, 0.05) is 20.1 Å². The topological polar surface area (TPSA) is 128 Å². The second kappa shape index (κ2) is 12.3. The van der Waals surface area contributed by atoms with Gasteiger partial charge in [-0.2, -0.15) is 0 Å². The Morgan fingerprint density at radius 2 is 1.91 bits per heavy atom. The number of sulfonamides is 1. The molecule has 2 heterocycles. The van der Waals surface area contributed by atoms with Crippen LogP contribution in [0.3, 0.4) is 0 Å². The highest BCUT2D eigenvalue weighted by Gasteiger charge is 2.20. The number of unbranched alkanes of at least 4 members (excludes halogenated alkanes) is 4. The molecule has 0 saturated heterocycles. The van der Waals surface area contributed by atoms with Gasteiger partial charge in [0.2, 0.25) is 10.0 Å². The van der Waals surface area contributed by atoms with Gasteiger partial charge in [-0.15, -0.1) is 5.10 Å². The summed E-state index contributed by atoms with van der Waals surface area (Å²) in [4.78, 5) is 20.4. The van der Waals surface area contributed by atoms with Crippen LogP contribution in [0.4, 0.5) is 0 Å². The highest BCUT2D eigenvalue weighted by atomic mass is 32.2. The minimum absolute atomic E-state index is 0.0350. The van der Waals surface area contributed by atoms with Crippen molar-refractivity contribution in [3.8, 4) is 17.1 Å². The number of fused-ring (bicyclic) bond motifs is 1. The quantitative estimate of drug-likeness (QED) is 0.322. The van der Waals surface area contributed by atoms with Crippen molar-refractivity contribution >= 4 is 15.5 Å². The fraction of sp³-hybridized carbons (Fsp3) is 0.542. The number of rotatable bonds is 14. The van der Waals surface area contributed by atoms with Crippen LogP contribution in [0.2, 0.25) is 0 Å². The number of hydrogen-bond donors (Lipinski definition) is 2. The van der Waals surface area contributed by atoms with Gasteiger partial charge in [-0.3, -0.25) is 4.79 Å². The van der Waals surface area contributed by atoms with Crippen LogP contribution < -0.4 is 15.0 Å². The second-order valence-corrected chi connectivity index (χ2v) is 10.1. The van der Waals surface area contributed by atoms with Gasteiger partial charge < -0.3 is 14.5 Å². The van der Waals surface area contributed by atoms with Crippen LogP contribution in [-0.2, 0) is 21.2 Å². The number of aromatic nitrogens is 4. The molecular formula is C24H35N5O5S. The van der Waals surface area contributed by atoms with Crippen LogP contribution in [0.15, 0.2) is 27.9 Å². The maximum absolute atomic E-state index is 13.0. The summed E-state index contributed by atoms with van der Waals surface area (Å²) in [6.07, 6.45) is 6.27. The van der Waals surface area contributed by atoms with Crippen LogP contribution in [0.5, 0.6) is 5.75 Å². The summed E-state index contributed by atoms with van der Waals surface area (Å²) in [6.45, 7) is 6.54. The highest BCUT2D eigenvalue weighted by Crippen LogP contribution is 2.30. The van der Waals surface area contributed by atoms with E-state index in [-0.39, 0.29) is 29.4 Å². The van der Waals surface area contributed by atoms with E-state index in [0.29, 0.717) is 41.4 Å². The largest absolute Gasteiger partial charge is 0.493 e. The number of hydrogen-bond acceptors (Lipinski definition) is 7. The van der Waals surface area contributed by atoms with Crippen LogP contribution in [0.1, 0.15) is 57.5 Å². The minimum atomic E-state index is -3.80. The molecule has 0 aliphatic heterocycles. The van der Waals surface area contributed by atoms with Crippen LogP contribution >= 0.6 is 0 Å². The molecule has 3 aromatic rings. The zero-order chi connectivity index (χ0) is 25.4. The van der Waals surface area contributed by atoms with E-state index in [2.05, 4.69) is 26.7 Å². The molecule has 35 heavy (non-hydrogen) atoms. The average Bonchev–Trinajstić information content (AvgIpc) is 3.15. The Morgan fingerprint density at radius 1 is 1.14 bits per heavy atom. The van der Waals surface area contributed by atoms with Gasteiger partial charge in [-0.05, 0) is 38.5 Å². The molecule has 11 heteroatoms. The van der Waals surface area contributed by atoms with E-state index in [4.69, 9.17) is 9.47 Å². The van der Waals surface area contributed by atoms with Crippen molar-refractivity contribution in [2.24, 2.45) is 0 Å². The van der Waals surface area contributed by atoms with Crippen molar-refractivity contribution in [2.45, 2.75) is 64.2 Å². The molecule has 0 aliphatic rings. The predicted molar refractivity (Wildman–Crippen MR) is 134 cm³/mol. The third-order valence-electron chi connectivity index (χ3n) is 5.66. The van der Waals surface area contributed by atoms with Crippen LogP contribution in [0, 0.1) is 6.92 Å². The third-order valence-corrected chi connectivity index (χ3v) is 7.12. The number of aryl methyl sites for hydroxylation is 2. The average molecular weight is 506 g/mol. The van der Waals surface area contributed by atoms with E-state index in [9.17, 15) is 13.2 Å². The third kappa shape index (κ3) is 6.47. The lowest BCUT2D eigenvalue weighted by Crippen LogP contribution is -2.27. The van der Waals surface area contributed by atoms with Gasteiger partial charge in [0.05, 0.1) is 29.4 Å². The predicted octanol–water partition coefficient (Wildman–Crippen LogP) is 3.23. The maximum atomic E-state index is 13.0. The molecule has 2 aromatic heterocycles. The molecule has 3 rings (SSSR count). The maximum Gasteiger partial charge on any atom is 0.277 e. The summed E-state index contributed by atoms with van der Waals surface area (Å²) >= 11 is 0. The lowest BCUT2D eigenvalue weighted by Gasteiger charge is -2.13. The van der Waals surface area contributed by atoms with Crippen molar-refractivity contribution in [1.82, 2.24) is 24.3 Å². The molecule has 0 radical (unpaired) electrons. The Labute approximate surface area is 206 Å². The lowest BCUT2D eigenvalue weighted by molar-refractivity contribution is 0.204. The summed E-state index contributed by atoms with van der Waals surface area (Å²) < 4.78 is 40.3. The molecule has 0 bridgehead atoms. The van der Waals surface area contributed by atoms with Crippen molar-refractivity contribution in [3.63, 3.8) is 0 Å². The number of nitrogens with one attached hydrogen (secondary N) is 2. The van der Waals surface area contributed by atoms with Crippen LogP contribution in [-0.4, -0.2) is 54.9 Å². The van der Waals surface area contributed by atoms with Crippen molar-refractivity contribution in [1.29, 1.82) is 0 Å². The summed E-state index contributed by atoms with van der Waals surface area (Å²) in [5.74, 6) is 1.35. The van der Waals surface area contributed by atoms with E-state index in [1.165, 1.54) is 32.1 Å². The Morgan fingerprint density at radius 3 is 2.63 bits per heavy atom. The number of imidazole rings is 1. The molecule has 192 valence electrons. The molecule has 0 saturated carbocycles. The molecular weight excluding hydrogens is 470 g/mol. The molecule has 1 aromatic carbocycles. The van der Waals surface area contributed by atoms with E-state index in [1.54, 1.807) is 17.5 Å². The number of H-pyrrole nitrogens is 1. The Bertz CT molecular complexity index is 1300. The first-order chi connectivity index (χ1) is 16.8. The summed E-state index contributed by atoms with van der Waals surface area (Å²) in [6, 6.07) is 4.49. The minimum Gasteiger partial charge on any atom is -0.493 e. The second-order valence-electron chi connectivity index (χ2n) is 8.32. The van der Waals surface area contributed by atoms with E-state index in [0.717, 1.165) is 19.3 Å². The Kier molecular flexibility index (Phi) is 9.41. The van der Waals surface area contributed by atoms with Crippen LogP contribution in [0.25, 0.3) is 16.9 Å².